The van der Waals surface area contributed by atoms with Crippen LogP contribution >= 0.6 is 0 Å². The smallest absolute Gasteiger partial charge is 0.137 e. The first-order chi connectivity index (χ1) is 4.61. The number of hydrogen-bond acceptors (Lipinski definition) is 2. The number of Topliss-reactive ketones (excluding diaryl/α,β-unsaturated/α-hetero) is 1. The van der Waals surface area contributed by atoms with Crippen LogP contribution in [0, 0.1) is 0 Å². The summed E-state index contributed by atoms with van der Waals surface area (Å²) in [7, 11) is 0. The first-order valence-electron chi connectivity index (χ1n) is 3.79. The fourth-order valence-electron chi connectivity index (χ4n) is 0.369. The van der Waals surface area contributed by atoms with E-state index in [9.17, 15) is 4.79 Å². The van der Waals surface area contributed by atoms with Crippen LogP contribution in [0.15, 0.2) is 0 Å². The Morgan fingerprint density at radius 3 is 3.29 bits per heavy atom. The first kappa shape index (κ1) is 2.27. The van der Waals surface area contributed by atoms with Gasteiger partial charge in [0.15, 0.2) is 0 Å². The van der Waals surface area contributed by atoms with Crippen LogP contribution in [0.3, 0.4) is 0 Å². The summed E-state index contributed by atoms with van der Waals surface area (Å²) in [4.78, 5) is 10.7. The molecule has 1 heterocycles. The van der Waals surface area contributed by atoms with Crippen LogP contribution < -0.4 is 0 Å². The lowest BCUT2D eigenvalue weighted by Gasteiger charge is -2.07. The van der Waals surface area contributed by atoms with Crippen molar-refractivity contribution in [3.05, 3.63) is 0 Å². The average molecular weight is 103 g/mol. The van der Waals surface area contributed by atoms with Gasteiger partial charge >= 0.3 is 0 Å². The van der Waals surface area contributed by atoms with Gasteiger partial charge in [0, 0.05) is 14.2 Å². The molecule has 0 aromatic heterocycles. The van der Waals surface area contributed by atoms with E-state index in [-0.39, 0.29) is 12.2 Å². The summed E-state index contributed by atoms with van der Waals surface area (Å²) in [6, 6.07) is 0. The molecule has 1 aliphatic rings. The molecule has 0 bridgehead atoms. The normalized spacial score (nSPS) is 60.3. The highest BCUT2D eigenvalue weighted by atomic mass is 16.5. The summed E-state index contributed by atoms with van der Waals surface area (Å²) >= 11 is 0. The third-order valence-corrected chi connectivity index (χ3v) is 0.713. The molecule has 2 nitrogen and oxygen atoms in total. The largest absolute Gasteiger partial charge is 0.381 e. The summed E-state index contributed by atoms with van der Waals surface area (Å²) in [6.07, 6.45) is -1.16. The van der Waals surface area contributed by atoms with Gasteiger partial charge in [-0.1, -0.05) is 0 Å². The minimum absolute atomic E-state index is 0.0520. The molecule has 3 atom stereocenters. The van der Waals surface area contributed by atoms with Crippen LogP contribution in [0.2, 0.25) is 0 Å². The van der Waals surface area contributed by atoms with Crippen LogP contribution in [-0.2, 0) is 9.53 Å². The molecule has 0 amide bonds. The molecule has 2 heteroatoms. The van der Waals surface area contributed by atoms with Gasteiger partial charge in [0.1, 0.15) is 5.78 Å². The maximum Gasteiger partial charge on any atom is 0.137 e. The fourth-order valence-corrected chi connectivity index (χ4v) is 0.369. The lowest BCUT2D eigenvalue weighted by atomic mass is 10.2. The topological polar surface area (TPSA) is 26.3 Å². The molecule has 0 N–H and O–H groups in total. The van der Waals surface area contributed by atoms with Gasteiger partial charge in [-0.15, -0.1) is 0 Å². The van der Waals surface area contributed by atoms with Crippen molar-refractivity contribution >= 4 is 5.78 Å². The number of rotatable bonds is 0. The highest BCUT2D eigenvalue weighted by Gasteiger charge is 2.06. The average Bonchev–Trinajstić information content (AvgIpc) is 1.82. The lowest BCUT2D eigenvalue weighted by Crippen LogP contribution is -2.14. The number of carbonyl (C=O) groups excluding carboxylic acids is 1. The molecule has 7 heavy (non-hydrogen) atoms. The maximum absolute atomic E-state index is 10.7. The Bertz CT molecular complexity index is 150. The Morgan fingerprint density at radius 2 is 2.57 bits per heavy atom. The molecule has 0 aromatic carbocycles. The number of ketones is 1. The first-order valence-corrected chi connectivity index (χ1v) is 2.06. The van der Waals surface area contributed by atoms with Crippen LogP contribution in [0.1, 0.15) is 16.9 Å². The van der Waals surface area contributed by atoms with Crippen molar-refractivity contribution in [3.8, 4) is 0 Å². The highest BCUT2D eigenvalue weighted by Crippen LogP contribution is 1.98. The van der Waals surface area contributed by atoms with E-state index in [2.05, 4.69) is 4.74 Å². The second-order valence-corrected chi connectivity index (χ2v) is 1.28. The Balaban J connectivity index is 2.57. The molecule has 0 spiro atoms. The van der Waals surface area contributed by atoms with Gasteiger partial charge in [-0.3, -0.25) is 4.79 Å². The zero-order chi connectivity index (χ0) is 7.72. The van der Waals surface area contributed by atoms with Gasteiger partial charge in [-0.2, -0.15) is 0 Å². The van der Waals surface area contributed by atoms with Crippen molar-refractivity contribution in [1.82, 2.24) is 0 Å². The van der Waals surface area contributed by atoms with E-state index >= 15 is 0 Å². The van der Waals surface area contributed by atoms with Crippen LogP contribution in [0.4, 0.5) is 0 Å². The van der Waals surface area contributed by atoms with Gasteiger partial charge in [-0.25, -0.2) is 0 Å². The Kier molecular flexibility index (Phi) is 0.671. The van der Waals surface area contributed by atoms with Gasteiger partial charge in [0.2, 0.25) is 0 Å². The zero-order valence-electron chi connectivity index (χ0n) is 6.76. The van der Waals surface area contributed by atoms with Crippen molar-refractivity contribution in [2.45, 2.75) is 12.8 Å². The van der Waals surface area contributed by atoms with Crippen LogP contribution in [0.5, 0.6) is 0 Å². The van der Waals surface area contributed by atoms with Gasteiger partial charge in [0.05, 0.1) is 15.9 Å². The second-order valence-electron chi connectivity index (χ2n) is 1.28. The third kappa shape index (κ3) is 1.27. The van der Waals surface area contributed by atoms with Crippen molar-refractivity contribution in [2.24, 2.45) is 0 Å². The van der Waals surface area contributed by atoms with E-state index in [1.165, 1.54) is 0 Å². The van der Waals surface area contributed by atoms with E-state index in [1.54, 1.807) is 0 Å². The predicted octanol–water partition coefficient (Wildman–Crippen LogP) is 0.366. The van der Waals surface area contributed by atoms with Crippen LogP contribution in [-0.4, -0.2) is 18.9 Å². The van der Waals surface area contributed by atoms with E-state index in [0.29, 0.717) is 0 Å². The fraction of sp³-hybridized carbons (Fsp3) is 0.800. The van der Waals surface area contributed by atoms with Gasteiger partial charge in [0.25, 0.3) is 0 Å². The van der Waals surface area contributed by atoms with E-state index in [1.807, 2.05) is 0 Å². The van der Waals surface area contributed by atoms with Crippen molar-refractivity contribution in [3.63, 3.8) is 0 Å². The molecular weight excluding hydrogens is 92.1 g/mol. The summed E-state index contributed by atoms with van der Waals surface area (Å²) in [5.74, 6) is -0.369. The van der Waals surface area contributed by atoms with Gasteiger partial charge in [-0.05, 0) is 0 Å². The molecule has 1 saturated heterocycles. The standard InChI is InChI=1S/C5H8O2/c6-5-1-3-7-4-2-5/h1-4H2/i1D,3D,4D. The molecule has 40 valence electrons. The van der Waals surface area contributed by atoms with Crippen molar-refractivity contribution < 1.29 is 13.6 Å². The second kappa shape index (κ2) is 2.07. The molecule has 0 aromatic rings. The Hall–Kier alpha value is -0.370. The third-order valence-electron chi connectivity index (χ3n) is 0.713. The number of hydrogen-bond donors (Lipinski definition) is 0. The van der Waals surface area contributed by atoms with Crippen LogP contribution in [0.25, 0.3) is 0 Å². The SMILES string of the molecule is [2H]C1CC(=O)C([2H])C([2H])O1. The molecule has 0 radical (unpaired) electrons. The summed E-state index contributed by atoms with van der Waals surface area (Å²) < 4.78 is 25.6. The van der Waals surface area contributed by atoms with E-state index < -0.39 is 19.6 Å². The van der Waals surface area contributed by atoms with Gasteiger partial charge < -0.3 is 4.74 Å². The minimum Gasteiger partial charge on any atom is -0.381 e. The molecule has 1 aliphatic heterocycles. The summed E-state index contributed by atoms with van der Waals surface area (Å²) in [6.45, 7) is -2.10. The number of ether oxygens (including phenoxy) is 1. The number of carbonyl (C=O) groups is 1. The maximum atomic E-state index is 10.7. The quantitative estimate of drug-likeness (QED) is 0.442. The molecule has 0 aliphatic carbocycles. The molecule has 0 saturated carbocycles. The zero-order valence-corrected chi connectivity index (χ0v) is 3.76. The molecule has 1 rings (SSSR count). The van der Waals surface area contributed by atoms with Crippen molar-refractivity contribution in [2.75, 3.05) is 13.2 Å². The van der Waals surface area contributed by atoms with Crippen molar-refractivity contribution in [1.29, 1.82) is 0 Å². The highest BCUT2D eigenvalue weighted by molar-refractivity contribution is 5.78. The van der Waals surface area contributed by atoms with E-state index in [0.717, 1.165) is 0 Å². The molecular formula is C5H8O2. The van der Waals surface area contributed by atoms with E-state index in [4.69, 9.17) is 4.11 Å². The monoisotopic (exact) mass is 103 g/mol. The lowest BCUT2D eigenvalue weighted by molar-refractivity contribution is -0.124. The Labute approximate surface area is 46.7 Å². The minimum atomic E-state index is -1.16. The molecule has 3 unspecified atom stereocenters. The summed E-state index contributed by atoms with van der Waals surface area (Å²) in [5.41, 5.74) is 0. The molecule has 1 fully saturated rings. The predicted molar refractivity (Wildman–Crippen MR) is 25.1 cm³/mol. The summed E-state index contributed by atoms with van der Waals surface area (Å²) in [5, 5.41) is 0. The Morgan fingerprint density at radius 1 is 1.71 bits per heavy atom.